The third-order valence-corrected chi connectivity index (χ3v) is 4.75. The van der Waals surface area contributed by atoms with Crippen molar-refractivity contribution in [3.63, 3.8) is 0 Å². The van der Waals surface area contributed by atoms with Gasteiger partial charge in [-0.05, 0) is 41.1 Å². The molecule has 0 spiro atoms. The quantitative estimate of drug-likeness (QED) is 0.465. The Morgan fingerprint density at radius 3 is 2.60 bits per heavy atom. The topological polar surface area (TPSA) is 116 Å². The highest BCUT2D eigenvalue weighted by atomic mass is 127. The van der Waals surface area contributed by atoms with E-state index in [-0.39, 0.29) is 22.5 Å². The summed E-state index contributed by atoms with van der Waals surface area (Å²) in [4.78, 5) is 14.5. The van der Waals surface area contributed by atoms with Gasteiger partial charge in [0.1, 0.15) is 34.8 Å². The third-order valence-electron chi connectivity index (χ3n) is 3.49. The fourth-order valence-electron chi connectivity index (χ4n) is 2.32. The van der Waals surface area contributed by atoms with Crippen LogP contribution in [0.25, 0.3) is 11.1 Å². The van der Waals surface area contributed by atoms with Gasteiger partial charge in [0, 0.05) is 15.6 Å². The summed E-state index contributed by atoms with van der Waals surface area (Å²) in [5.41, 5.74) is 5.72. The predicted molar refractivity (Wildman–Crippen MR) is 107 cm³/mol. The lowest BCUT2D eigenvalue weighted by atomic mass is 9.96. The number of anilines is 1. The first-order valence-corrected chi connectivity index (χ1v) is 9.29. The first-order valence-electron chi connectivity index (χ1n) is 7.42. The fraction of sp³-hybridized carbons (Fsp3) is 0.235. The van der Waals surface area contributed by atoms with E-state index < -0.39 is 5.56 Å². The van der Waals surface area contributed by atoms with E-state index in [2.05, 4.69) is 50.4 Å². The number of nitrogens with two attached hydrogens (primary N) is 1. The molecule has 0 aliphatic rings. The van der Waals surface area contributed by atoms with Crippen LogP contribution in [0.5, 0.6) is 5.75 Å². The van der Waals surface area contributed by atoms with Crippen molar-refractivity contribution in [2.75, 3.05) is 12.3 Å². The third kappa shape index (κ3) is 3.97. The Morgan fingerprint density at radius 1 is 1.32 bits per heavy atom. The van der Waals surface area contributed by atoms with E-state index in [1.54, 1.807) is 6.07 Å². The summed E-state index contributed by atoms with van der Waals surface area (Å²) in [5.74, 6) is 0.450. The lowest BCUT2D eigenvalue weighted by Crippen LogP contribution is -2.16. The summed E-state index contributed by atoms with van der Waals surface area (Å²) in [5, 5.41) is 18.9. The molecule has 0 saturated carbocycles. The van der Waals surface area contributed by atoms with Crippen molar-refractivity contribution < 1.29 is 4.74 Å². The second-order valence-corrected chi connectivity index (χ2v) is 7.26. The van der Waals surface area contributed by atoms with E-state index in [0.29, 0.717) is 17.9 Å². The highest BCUT2D eigenvalue weighted by Crippen LogP contribution is 2.40. The Bertz CT molecular complexity index is 957. The van der Waals surface area contributed by atoms with Gasteiger partial charge in [0.25, 0.3) is 5.56 Å². The molecule has 0 amide bonds. The molecule has 0 saturated heterocycles. The van der Waals surface area contributed by atoms with Crippen LogP contribution in [-0.4, -0.2) is 11.6 Å². The number of nitrogens with one attached hydrogen (secondary N) is 1. The summed E-state index contributed by atoms with van der Waals surface area (Å²) in [6.07, 6.45) is 1.83. The highest BCUT2D eigenvalue weighted by Gasteiger charge is 2.23. The van der Waals surface area contributed by atoms with E-state index in [1.165, 1.54) is 0 Å². The number of aromatic nitrogens is 1. The predicted octanol–water partition coefficient (Wildman–Crippen LogP) is 3.91. The minimum absolute atomic E-state index is 0.0467. The maximum Gasteiger partial charge on any atom is 0.268 e. The summed E-state index contributed by atoms with van der Waals surface area (Å²) >= 11 is 5.53. The number of nitriles is 2. The molecule has 3 N–H and O–H groups in total. The lowest BCUT2D eigenvalue weighted by Gasteiger charge is -2.16. The molecule has 25 heavy (non-hydrogen) atoms. The second kappa shape index (κ2) is 8.37. The number of aromatic amines is 1. The van der Waals surface area contributed by atoms with Crippen LogP contribution in [0, 0.1) is 26.2 Å². The number of hydrogen-bond acceptors (Lipinski definition) is 5. The molecule has 6 nitrogen and oxygen atoms in total. The average Bonchev–Trinajstić information content (AvgIpc) is 2.56. The average molecular weight is 513 g/mol. The van der Waals surface area contributed by atoms with Crippen LogP contribution in [0.3, 0.4) is 0 Å². The molecule has 0 atom stereocenters. The van der Waals surface area contributed by atoms with E-state index in [4.69, 9.17) is 10.5 Å². The van der Waals surface area contributed by atoms with Crippen LogP contribution < -0.4 is 16.0 Å². The van der Waals surface area contributed by atoms with Crippen LogP contribution in [0.2, 0.25) is 0 Å². The lowest BCUT2D eigenvalue weighted by molar-refractivity contribution is 0.308. The highest BCUT2D eigenvalue weighted by molar-refractivity contribution is 14.1. The van der Waals surface area contributed by atoms with Crippen LogP contribution in [-0.2, 0) is 0 Å². The Balaban J connectivity index is 2.85. The normalized spacial score (nSPS) is 10.1. The van der Waals surface area contributed by atoms with E-state index in [1.807, 2.05) is 18.2 Å². The molecule has 1 heterocycles. The van der Waals surface area contributed by atoms with Crippen LogP contribution in [0.4, 0.5) is 5.82 Å². The summed E-state index contributed by atoms with van der Waals surface area (Å²) < 4.78 is 7.43. The Hall–Kier alpha value is -2.04. The number of nitrogen functional groups attached to an aromatic ring is 1. The molecule has 128 valence electrons. The standard InChI is InChI=1S/C17H14BrIN4O2/c1-2-3-4-25-15-10(5-9(18)6-13(15)19)14-11(7-20)16(22)23-17(24)12(14)8-21/h5-6H,2-4H2,1H3,(H3,22,23,24). The first-order chi connectivity index (χ1) is 11.9. The van der Waals surface area contributed by atoms with Crippen molar-refractivity contribution in [2.45, 2.75) is 19.8 Å². The minimum Gasteiger partial charge on any atom is -0.492 e. The molecule has 1 aromatic heterocycles. The number of unbranched alkanes of at least 4 members (excludes halogenated alkanes) is 1. The van der Waals surface area contributed by atoms with Crippen LogP contribution in [0.1, 0.15) is 30.9 Å². The molecular weight excluding hydrogens is 499 g/mol. The Kier molecular flexibility index (Phi) is 6.45. The molecule has 0 aliphatic carbocycles. The number of rotatable bonds is 5. The van der Waals surface area contributed by atoms with Crippen molar-refractivity contribution in [2.24, 2.45) is 0 Å². The number of halogens is 2. The molecule has 2 aromatic rings. The second-order valence-electron chi connectivity index (χ2n) is 5.18. The molecule has 8 heteroatoms. The van der Waals surface area contributed by atoms with Gasteiger partial charge in [-0.3, -0.25) is 4.79 Å². The number of ether oxygens (including phenoxy) is 1. The number of nitrogens with zero attached hydrogens (tertiary/aromatic N) is 2. The van der Waals surface area contributed by atoms with E-state index in [9.17, 15) is 15.3 Å². The SMILES string of the molecule is CCCCOc1c(I)cc(Br)cc1-c1c(C#N)c(N)[nH]c(=O)c1C#N. The summed E-state index contributed by atoms with van der Waals surface area (Å²) in [6.45, 7) is 2.54. The first kappa shape index (κ1) is 19.3. The molecule has 1 aromatic carbocycles. The summed E-state index contributed by atoms with van der Waals surface area (Å²) in [7, 11) is 0. The van der Waals surface area contributed by atoms with Crippen LogP contribution >= 0.6 is 38.5 Å². The molecular formula is C17H14BrIN4O2. The summed E-state index contributed by atoms with van der Waals surface area (Å²) in [6, 6.07) is 7.43. The van der Waals surface area contributed by atoms with Gasteiger partial charge in [0.15, 0.2) is 0 Å². The van der Waals surface area contributed by atoms with Gasteiger partial charge in [0.05, 0.1) is 10.2 Å². The van der Waals surface area contributed by atoms with Gasteiger partial charge in [-0.25, -0.2) is 0 Å². The van der Waals surface area contributed by atoms with Gasteiger partial charge < -0.3 is 15.5 Å². The van der Waals surface area contributed by atoms with Crippen LogP contribution in [0.15, 0.2) is 21.4 Å². The van der Waals surface area contributed by atoms with Crippen molar-refractivity contribution in [3.05, 3.63) is 41.7 Å². The fourth-order valence-corrected chi connectivity index (χ4v) is 3.99. The molecule has 2 rings (SSSR count). The number of hydrogen-bond donors (Lipinski definition) is 2. The monoisotopic (exact) mass is 512 g/mol. The smallest absolute Gasteiger partial charge is 0.268 e. The Labute approximate surface area is 166 Å². The molecule has 0 radical (unpaired) electrons. The van der Waals surface area contributed by atoms with E-state index >= 15 is 0 Å². The maximum atomic E-state index is 12.2. The largest absolute Gasteiger partial charge is 0.492 e. The van der Waals surface area contributed by atoms with Crippen molar-refractivity contribution in [1.29, 1.82) is 10.5 Å². The minimum atomic E-state index is -0.636. The van der Waals surface area contributed by atoms with Crippen molar-refractivity contribution in [3.8, 4) is 29.0 Å². The van der Waals surface area contributed by atoms with Crippen molar-refractivity contribution in [1.82, 2.24) is 4.98 Å². The van der Waals surface area contributed by atoms with Gasteiger partial charge >= 0.3 is 0 Å². The van der Waals surface area contributed by atoms with Gasteiger partial charge in [-0.2, -0.15) is 10.5 Å². The number of pyridine rings is 1. The van der Waals surface area contributed by atoms with Gasteiger partial charge in [-0.1, -0.05) is 29.3 Å². The van der Waals surface area contributed by atoms with Crippen molar-refractivity contribution >= 4 is 44.3 Å². The molecule has 0 unspecified atom stereocenters. The zero-order chi connectivity index (χ0) is 18.6. The zero-order valence-corrected chi connectivity index (χ0v) is 17.1. The Morgan fingerprint density at radius 2 is 2.00 bits per heavy atom. The molecule has 0 aliphatic heterocycles. The van der Waals surface area contributed by atoms with Gasteiger partial charge in [-0.15, -0.1) is 0 Å². The van der Waals surface area contributed by atoms with E-state index in [0.717, 1.165) is 20.9 Å². The molecule has 0 fully saturated rings. The zero-order valence-electron chi connectivity index (χ0n) is 13.3. The molecule has 0 bridgehead atoms. The maximum absolute atomic E-state index is 12.2. The number of H-pyrrole nitrogens is 1. The van der Waals surface area contributed by atoms with Gasteiger partial charge in [0.2, 0.25) is 0 Å². The number of benzene rings is 1.